The lowest BCUT2D eigenvalue weighted by Gasteiger charge is -2.19. The first-order chi connectivity index (χ1) is 15.4. The SMILES string of the molecule is CN(C)CCCNCCC(CNC(=O)Nc1cc(Cl)cc(Cl)c1)c1ccc2c(c1)OCO2. The second-order valence-corrected chi connectivity index (χ2v) is 8.87. The van der Waals surface area contributed by atoms with Crippen LogP contribution in [0.15, 0.2) is 36.4 Å². The molecule has 1 atom stereocenters. The number of hydrogen-bond acceptors (Lipinski definition) is 5. The van der Waals surface area contributed by atoms with Gasteiger partial charge < -0.3 is 30.3 Å². The molecule has 1 heterocycles. The summed E-state index contributed by atoms with van der Waals surface area (Å²) in [5.41, 5.74) is 1.64. The minimum atomic E-state index is -0.312. The van der Waals surface area contributed by atoms with Crippen LogP contribution in [-0.2, 0) is 0 Å². The normalized spacial score (nSPS) is 13.3. The fourth-order valence-corrected chi connectivity index (χ4v) is 4.02. The Kier molecular flexibility index (Phi) is 9.29. The monoisotopic (exact) mass is 480 g/mol. The van der Waals surface area contributed by atoms with Crippen LogP contribution in [0, 0.1) is 0 Å². The standard InChI is InChI=1S/C23H30Cl2N4O3/c1-29(2)9-3-7-26-8-6-17(16-4-5-21-22(10-16)32-15-31-21)14-27-23(30)28-20-12-18(24)11-19(25)13-20/h4-5,10-13,17,26H,3,6-9,14-15H2,1-2H3,(H2,27,28,30). The molecule has 0 saturated heterocycles. The van der Waals surface area contributed by atoms with Gasteiger partial charge in [-0.1, -0.05) is 29.3 Å². The predicted octanol–water partition coefficient (Wildman–Crippen LogP) is 4.56. The Morgan fingerprint density at radius 2 is 1.81 bits per heavy atom. The first-order valence-electron chi connectivity index (χ1n) is 10.7. The molecule has 2 aromatic rings. The maximum atomic E-state index is 12.5. The second kappa shape index (κ2) is 12.2. The zero-order valence-corrected chi connectivity index (χ0v) is 19.9. The van der Waals surface area contributed by atoms with Crippen LogP contribution in [0.5, 0.6) is 11.5 Å². The van der Waals surface area contributed by atoms with Crippen molar-refractivity contribution in [3.05, 3.63) is 52.0 Å². The second-order valence-electron chi connectivity index (χ2n) is 8.00. The quantitative estimate of drug-likeness (QED) is 0.411. The van der Waals surface area contributed by atoms with E-state index in [-0.39, 0.29) is 18.7 Å². The van der Waals surface area contributed by atoms with E-state index < -0.39 is 0 Å². The molecule has 7 nitrogen and oxygen atoms in total. The Balaban J connectivity index is 1.57. The van der Waals surface area contributed by atoms with Gasteiger partial charge in [-0.25, -0.2) is 4.79 Å². The average molecular weight is 481 g/mol. The molecule has 0 bridgehead atoms. The van der Waals surface area contributed by atoms with Crippen LogP contribution < -0.4 is 25.4 Å². The van der Waals surface area contributed by atoms with Gasteiger partial charge in [-0.2, -0.15) is 0 Å². The number of carbonyl (C=O) groups is 1. The maximum absolute atomic E-state index is 12.5. The number of urea groups is 1. The summed E-state index contributed by atoms with van der Waals surface area (Å²) in [6.45, 7) is 3.56. The summed E-state index contributed by atoms with van der Waals surface area (Å²) >= 11 is 12.0. The lowest BCUT2D eigenvalue weighted by Crippen LogP contribution is -2.33. The van der Waals surface area contributed by atoms with Crippen LogP contribution in [0.3, 0.4) is 0 Å². The van der Waals surface area contributed by atoms with E-state index in [1.54, 1.807) is 18.2 Å². The molecule has 3 rings (SSSR count). The van der Waals surface area contributed by atoms with E-state index in [1.165, 1.54) is 0 Å². The fraction of sp³-hybridized carbons (Fsp3) is 0.435. The summed E-state index contributed by atoms with van der Waals surface area (Å²) in [7, 11) is 4.15. The van der Waals surface area contributed by atoms with Gasteiger partial charge in [-0.05, 0) is 82.5 Å². The number of nitrogens with zero attached hydrogens (tertiary/aromatic N) is 1. The molecule has 2 amide bonds. The Bertz CT molecular complexity index is 891. The van der Waals surface area contributed by atoms with Crippen molar-refractivity contribution in [1.29, 1.82) is 0 Å². The summed E-state index contributed by atoms with van der Waals surface area (Å²) < 4.78 is 11.0. The number of amides is 2. The molecule has 0 aromatic heterocycles. The van der Waals surface area contributed by atoms with E-state index in [0.29, 0.717) is 22.3 Å². The first kappa shape index (κ1) is 24.5. The lowest BCUT2D eigenvalue weighted by atomic mass is 9.95. The number of carbonyl (C=O) groups excluding carboxylic acids is 1. The van der Waals surface area contributed by atoms with E-state index in [9.17, 15) is 4.79 Å². The molecule has 1 unspecified atom stereocenters. The highest BCUT2D eigenvalue weighted by Gasteiger charge is 2.19. The Morgan fingerprint density at radius 1 is 1.06 bits per heavy atom. The minimum absolute atomic E-state index is 0.111. The van der Waals surface area contributed by atoms with Crippen LogP contribution >= 0.6 is 23.2 Å². The van der Waals surface area contributed by atoms with Gasteiger partial charge in [0.25, 0.3) is 0 Å². The maximum Gasteiger partial charge on any atom is 0.319 e. The smallest absolute Gasteiger partial charge is 0.319 e. The van der Waals surface area contributed by atoms with Gasteiger partial charge in [0, 0.05) is 28.2 Å². The molecule has 0 aliphatic carbocycles. The molecular formula is C23H30Cl2N4O3. The van der Waals surface area contributed by atoms with Crippen molar-refractivity contribution < 1.29 is 14.3 Å². The third-order valence-corrected chi connectivity index (χ3v) is 5.56. The highest BCUT2D eigenvalue weighted by molar-refractivity contribution is 6.35. The van der Waals surface area contributed by atoms with Crippen LogP contribution in [0.1, 0.15) is 24.3 Å². The van der Waals surface area contributed by atoms with E-state index in [2.05, 4.69) is 34.9 Å². The third-order valence-electron chi connectivity index (χ3n) is 5.13. The number of anilines is 1. The number of rotatable bonds is 11. The number of hydrogen-bond donors (Lipinski definition) is 3. The summed E-state index contributed by atoms with van der Waals surface area (Å²) in [6.07, 6.45) is 1.95. The zero-order valence-electron chi connectivity index (χ0n) is 18.4. The minimum Gasteiger partial charge on any atom is -0.454 e. The first-order valence-corrected chi connectivity index (χ1v) is 11.4. The van der Waals surface area contributed by atoms with E-state index in [4.69, 9.17) is 32.7 Å². The van der Waals surface area contributed by atoms with Crippen molar-refractivity contribution >= 4 is 34.9 Å². The van der Waals surface area contributed by atoms with E-state index in [0.717, 1.165) is 49.5 Å². The molecule has 0 spiro atoms. The number of halogens is 2. The molecule has 0 radical (unpaired) electrons. The van der Waals surface area contributed by atoms with Gasteiger partial charge in [0.1, 0.15) is 0 Å². The molecule has 3 N–H and O–H groups in total. The summed E-state index contributed by atoms with van der Waals surface area (Å²) in [6, 6.07) is 10.6. The van der Waals surface area contributed by atoms with Crippen molar-refractivity contribution in [2.24, 2.45) is 0 Å². The molecule has 0 fully saturated rings. The molecular weight excluding hydrogens is 451 g/mol. The number of benzene rings is 2. The van der Waals surface area contributed by atoms with Crippen LogP contribution in [0.4, 0.5) is 10.5 Å². The highest BCUT2D eigenvalue weighted by atomic mass is 35.5. The number of nitrogens with one attached hydrogen (secondary N) is 3. The largest absolute Gasteiger partial charge is 0.454 e. The topological polar surface area (TPSA) is 74.9 Å². The van der Waals surface area contributed by atoms with Crippen LogP contribution in [0.25, 0.3) is 0 Å². The molecule has 174 valence electrons. The van der Waals surface area contributed by atoms with Gasteiger partial charge >= 0.3 is 6.03 Å². The Labute approximate surface area is 199 Å². The fourth-order valence-electron chi connectivity index (χ4n) is 3.49. The third kappa shape index (κ3) is 7.74. The van der Waals surface area contributed by atoms with Crippen molar-refractivity contribution in [1.82, 2.24) is 15.5 Å². The van der Waals surface area contributed by atoms with Gasteiger partial charge in [-0.3, -0.25) is 0 Å². The molecule has 32 heavy (non-hydrogen) atoms. The highest BCUT2D eigenvalue weighted by Crippen LogP contribution is 2.35. The van der Waals surface area contributed by atoms with Crippen molar-refractivity contribution in [2.75, 3.05) is 52.4 Å². The lowest BCUT2D eigenvalue weighted by molar-refractivity contribution is 0.174. The molecule has 9 heteroatoms. The van der Waals surface area contributed by atoms with Gasteiger partial charge in [0.15, 0.2) is 11.5 Å². The Hall–Kier alpha value is -2.19. The van der Waals surface area contributed by atoms with Gasteiger partial charge in [-0.15, -0.1) is 0 Å². The van der Waals surface area contributed by atoms with E-state index in [1.807, 2.05) is 18.2 Å². The summed E-state index contributed by atoms with van der Waals surface area (Å²) in [5.74, 6) is 1.60. The Morgan fingerprint density at radius 3 is 2.56 bits per heavy atom. The predicted molar refractivity (Wildman–Crippen MR) is 129 cm³/mol. The average Bonchev–Trinajstić information content (AvgIpc) is 3.19. The van der Waals surface area contributed by atoms with Crippen molar-refractivity contribution in [3.8, 4) is 11.5 Å². The van der Waals surface area contributed by atoms with Gasteiger partial charge in [0.05, 0.1) is 0 Å². The zero-order chi connectivity index (χ0) is 22.9. The summed E-state index contributed by atoms with van der Waals surface area (Å²) in [4.78, 5) is 14.6. The number of fused-ring (bicyclic) bond motifs is 1. The molecule has 2 aromatic carbocycles. The van der Waals surface area contributed by atoms with Gasteiger partial charge in [0.2, 0.25) is 6.79 Å². The van der Waals surface area contributed by atoms with Crippen LogP contribution in [0.2, 0.25) is 10.0 Å². The van der Waals surface area contributed by atoms with Crippen molar-refractivity contribution in [2.45, 2.75) is 18.8 Å². The number of ether oxygens (including phenoxy) is 2. The molecule has 1 aliphatic rings. The van der Waals surface area contributed by atoms with E-state index >= 15 is 0 Å². The molecule has 1 aliphatic heterocycles. The van der Waals surface area contributed by atoms with Crippen molar-refractivity contribution in [3.63, 3.8) is 0 Å². The summed E-state index contributed by atoms with van der Waals surface area (Å²) in [5, 5.41) is 10.2. The van der Waals surface area contributed by atoms with Crippen LogP contribution in [-0.4, -0.2) is 58.0 Å². The molecule has 0 saturated carbocycles.